The van der Waals surface area contributed by atoms with E-state index in [9.17, 15) is 4.57 Å². The molecule has 1 aromatic carbocycles. The molecular formula is C13H22NO3PS. The lowest BCUT2D eigenvalue weighted by molar-refractivity contribution is 0.212. The summed E-state index contributed by atoms with van der Waals surface area (Å²) >= 11 is 1.75. The Labute approximate surface area is 119 Å². The molecule has 0 spiro atoms. The molecule has 1 aromatic rings. The molecule has 1 rings (SSSR count). The zero-order valence-corrected chi connectivity index (χ0v) is 13.4. The quantitative estimate of drug-likeness (QED) is 0.580. The molecule has 0 aliphatic heterocycles. The van der Waals surface area contributed by atoms with Crippen molar-refractivity contribution in [3.8, 4) is 0 Å². The number of benzene rings is 1. The Bertz CT molecular complexity index is 414. The van der Waals surface area contributed by atoms with E-state index in [0.717, 1.165) is 11.3 Å². The molecule has 108 valence electrons. The average Bonchev–Trinajstić information content (AvgIpc) is 2.40. The van der Waals surface area contributed by atoms with Crippen LogP contribution < -0.4 is 5.73 Å². The summed E-state index contributed by atoms with van der Waals surface area (Å²) in [5, 5.41) is 0. The highest BCUT2D eigenvalue weighted by atomic mass is 32.2. The molecule has 0 aliphatic rings. The highest BCUT2D eigenvalue weighted by molar-refractivity contribution is 7.99. The monoisotopic (exact) mass is 303 g/mol. The highest BCUT2D eigenvalue weighted by Crippen LogP contribution is 2.58. The largest absolute Gasteiger partial charge is 0.351 e. The predicted octanol–water partition coefficient (Wildman–Crippen LogP) is 4.02. The van der Waals surface area contributed by atoms with E-state index in [1.54, 1.807) is 25.6 Å². The molecule has 0 saturated heterocycles. The fourth-order valence-electron chi connectivity index (χ4n) is 1.67. The minimum atomic E-state index is -3.29. The smallest absolute Gasteiger partial charge is 0.314 e. The first-order valence-electron chi connectivity index (χ1n) is 6.44. The number of hydrogen-bond donors (Lipinski definition) is 1. The summed E-state index contributed by atoms with van der Waals surface area (Å²) < 4.78 is 23.1. The maximum Gasteiger partial charge on any atom is 0.351 e. The second-order valence-corrected chi connectivity index (χ2v) is 7.31. The lowest BCUT2D eigenvalue weighted by Gasteiger charge is -2.23. The fourth-order valence-corrected chi connectivity index (χ4v) is 3.98. The van der Waals surface area contributed by atoms with Gasteiger partial charge in [0.25, 0.3) is 0 Å². The van der Waals surface area contributed by atoms with Crippen molar-refractivity contribution in [2.45, 2.75) is 31.4 Å². The Morgan fingerprint density at radius 2 is 1.68 bits per heavy atom. The van der Waals surface area contributed by atoms with E-state index >= 15 is 0 Å². The van der Waals surface area contributed by atoms with E-state index < -0.39 is 13.4 Å². The summed E-state index contributed by atoms with van der Waals surface area (Å²) in [4.78, 5) is 1.17. The van der Waals surface area contributed by atoms with Gasteiger partial charge < -0.3 is 14.8 Å². The Hall–Kier alpha value is -0.320. The summed E-state index contributed by atoms with van der Waals surface area (Å²) in [5.41, 5.74) is 6.82. The van der Waals surface area contributed by atoms with Gasteiger partial charge in [-0.1, -0.05) is 19.1 Å². The molecule has 0 saturated carbocycles. The fraction of sp³-hybridized carbons (Fsp3) is 0.538. The van der Waals surface area contributed by atoms with Crippen LogP contribution in [0.4, 0.5) is 0 Å². The average molecular weight is 303 g/mol. The first kappa shape index (κ1) is 16.7. The predicted molar refractivity (Wildman–Crippen MR) is 80.6 cm³/mol. The van der Waals surface area contributed by atoms with Gasteiger partial charge in [0.05, 0.1) is 13.2 Å². The lowest BCUT2D eigenvalue weighted by atomic mass is 10.2. The van der Waals surface area contributed by atoms with Crippen LogP contribution in [0.5, 0.6) is 0 Å². The van der Waals surface area contributed by atoms with E-state index in [4.69, 9.17) is 14.8 Å². The van der Waals surface area contributed by atoms with Crippen molar-refractivity contribution in [2.75, 3.05) is 19.0 Å². The van der Waals surface area contributed by atoms with Crippen LogP contribution in [0.1, 0.15) is 32.1 Å². The molecule has 0 unspecified atom stereocenters. The standard InChI is InChI=1S/C13H22NO3PS/c1-4-16-18(15,17-5-2)13(14)11-7-9-12(10-8-11)19-6-3/h7-10,13H,4-6,14H2,1-3H3/t13-/m0/s1. The Balaban J connectivity index is 2.89. The van der Waals surface area contributed by atoms with Gasteiger partial charge in [-0.2, -0.15) is 0 Å². The van der Waals surface area contributed by atoms with Crippen LogP contribution in [-0.2, 0) is 13.6 Å². The number of hydrogen-bond acceptors (Lipinski definition) is 5. The molecule has 0 fully saturated rings. The van der Waals surface area contributed by atoms with E-state index in [0.29, 0.717) is 13.2 Å². The van der Waals surface area contributed by atoms with E-state index in [1.807, 2.05) is 24.3 Å². The van der Waals surface area contributed by atoms with E-state index in [1.165, 1.54) is 4.90 Å². The normalized spacial score (nSPS) is 13.5. The zero-order valence-electron chi connectivity index (χ0n) is 11.7. The third-order valence-electron chi connectivity index (χ3n) is 2.49. The molecule has 19 heavy (non-hydrogen) atoms. The molecule has 0 bridgehead atoms. The van der Waals surface area contributed by atoms with Crippen molar-refractivity contribution in [3.05, 3.63) is 29.8 Å². The molecule has 0 amide bonds. The summed E-state index contributed by atoms with van der Waals surface area (Å²) in [6, 6.07) is 7.72. The van der Waals surface area contributed by atoms with Crippen LogP contribution in [0.15, 0.2) is 29.2 Å². The van der Waals surface area contributed by atoms with Gasteiger partial charge in [0.2, 0.25) is 0 Å². The first-order chi connectivity index (χ1) is 9.07. The second-order valence-electron chi connectivity index (χ2n) is 3.82. The third-order valence-corrected chi connectivity index (χ3v) is 5.60. The summed E-state index contributed by atoms with van der Waals surface area (Å²) in [6.07, 6.45) is 0. The van der Waals surface area contributed by atoms with Gasteiger partial charge >= 0.3 is 7.60 Å². The third kappa shape index (κ3) is 4.62. The van der Waals surface area contributed by atoms with Crippen LogP contribution in [0.25, 0.3) is 0 Å². The van der Waals surface area contributed by atoms with E-state index in [2.05, 4.69) is 6.92 Å². The molecule has 0 radical (unpaired) electrons. The SMILES string of the molecule is CCOP(=O)(OCC)[C@H](N)c1ccc(SCC)cc1. The zero-order chi connectivity index (χ0) is 14.3. The van der Waals surface area contributed by atoms with Crippen LogP contribution in [-0.4, -0.2) is 19.0 Å². The van der Waals surface area contributed by atoms with Crippen molar-refractivity contribution >= 4 is 19.4 Å². The van der Waals surface area contributed by atoms with Crippen molar-refractivity contribution in [1.29, 1.82) is 0 Å². The maximum atomic E-state index is 12.5. The van der Waals surface area contributed by atoms with E-state index in [-0.39, 0.29) is 0 Å². The molecule has 0 aliphatic carbocycles. The molecule has 2 N–H and O–H groups in total. The lowest BCUT2D eigenvalue weighted by Crippen LogP contribution is -2.14. The van der Waals surface area contributed by atoms with Crippen molar-refractivity contribution in [2.24, 2.45) is 5.73 Å². The van der Waals surface area contributed by atoms with Crippen molar-refractivity contribution in [3.63, 3.8) is 0 Å². The summed E-state index contributed by atoms with van der Waals surface area (Å²) in [7, 11) is -3.29. The molecule has 0 heterocycles. The topological polar surface area (TPSA) is 61.5 Å². The van der Waals surface area contributed by atoms with Crippen molar-refractivity contribution < 1.29 is 13.6 Å². The van der Waals surface area contributed by atoms with Crippen LogP contribution in [0.3, 0.4) is 0 Å². The Morgan fingerprint density at radius 3 is 2.11 bits per heavy atom. The van der Waals surface area contributed by atoms with Gasteiger partial charge in [-0.05, 0) is 37.3 Å². The summed E-state index contributed by atoms with van der Waals surface area (Å²) in [6.45, 7) is 6.28. The van der Waals surface area contributed by atoms with Crippen LogP contribution in [0.2, 0.25) is 0 Å². The molecule has 0 aromatic heterocycles. The molecular weight excluding hydrogens is 281 g/mol. The first-order valence-corrected chi connectivity index (χ1v) is 9.04. The van der Waals surface area contributed by atoms with Crippen LogP contribution in [0, 0.1) is 0 Å². The number of nitrogens with two attached hydrogens (primary N) is 1. The molecule has 4 nitrogen and oxygen atoms in total. The molecule has 6 heteroatoms. The highest BCUT2D eigenvalue weighted by Gasteiger charge is 2.33. The van der Waals surface area contributed by atoms with Gasteiger partial charge in [-0.25, -0.2) is 0 Å². The van der Waals surface area contributed by atoms with Gasteiger partial charge in [0, 0.05) is 4.90 Å². The minimum absolute atomic E-state index is 0.314. The van der Waals surface area contributed by atoms with Gasteiger partial charge in [0.1, 0.15) is 5.78 Å². The molecule has 1 atom stereocenters. The Morgan fingerprint density at radius 1 is 1.16 bits per heavy atom. The minimum Gasteiger partial charge on any atom is -0.314 e. The number of thioether (sulfide) groups is 1. The Kier molecular flexibility index (Phi) is 7.11. The van der Waals surface area contributed by atoms with Gasteiger partial charge in [-0.3, -0.25) is 4.57 Å². The summed E-state index contributed by atoms with van der Waals surface area (Å²) in [5.74, 6) is 0.273. The number of rotatable bonds is 8. The van der Waals surface area contributed by atoms with Gasteiger partial charge in [-0.15, -0.1) is 11.8 Å². The van der Waals surface area contributed by atoms with Crippen LogP contribution >= 0.6 is 19.4 Å². The maximum absolute atomic E-state index is 12.5. The van der Waals surface area contributed by atoms with Gasteiger partial charge in [0.15, 0.2) is 0 Å². The van der Waals surface area contributed by atoms with Crippen molar-refractivity contribution in [1.82, 2.24) is 0 Å². The second kappa shape index (κ2) is 8.08.